The van der Waals surface area contributed by atoms with Gasteiger partial charge in [0.2, 0.25) is 0 Å². The molecule has 1 heterocycles. The lowest BCUT2D eigenvalue weighted by Gasteiger charge is -2.43. The van der Waals surface area contributed by atoms with Gasteiger partial charge < -0.3 is 18.8 Å². The van der Waals surface area contributed by atoms with E-state index < -0.39 is 13.9 Å². The third-order valence-corrected chi connectivity index (χ3v) is 14.3. The Kier molecular flexibility index (Phi) is 11.7. The minimum absolute atomic E-state index is 0.105. The van der Waals surface area contributed by atoms with Crippen LogP contribution in [0, 0.1) is 2.88 Å². The van der Waals surface area contributed by atoms with Crippen molar-refractivity contribution in [2.24, 2.45) is 0 Å². The van der Waals surface area contributed by atoms with Gasteiger partial charge in [0.25, 0.3) is 8.32 Å². The minimum atomic E-state index is -2.64. The molecule has 0 aliphatic heterocycles. The summed E-state index contributed by atoms with van der Waals surface area (Å²) in [6.07, 6.45) is 0.340. The number of thiophene rings is 1. The molecule has 4 aromatic rings. The summed E-state index contributed by atoms with van der Waals surface area (Å²) < 4.78 is 20.1. The molecule has 0 unspecified atom stereocenters. The molecule has 3 aromatic carbocycles. The van der Waals surface area contributed by atoms with E-state index in [1.165, 1.54) is 23.7 Å². The van der Waals surface area contributed by atoms with Crippen molar-refractivity contribution in [1.29, 1.82) is 0 Å². The first-order chi connectivity index (χ1) is 20.9. The van der Waals surface area contributed by atoms with Gasteiger partial charge in [-0.3, -0.25) is 0 Å². The van der Waals surface area contributed by atoms with E-state index in [1.807, 2.05) is 32.9 Å². The smallest absolute Gasteiger partial charge is 0.410 e. The van der Waals surface area contributed by atoms with Gasteiger partial charge in [0.15, 0.2) is 0 Å². The van der Waals surface area contributed by atoms with Crippen LogP contribution < -0.4 is 15.1 Å². The Hall–Kier alpha value is -2.66. The maximum Gasteiger partial charge on any atom is 0.410 e. The number of hydrogen-bond acceptors (Lipinski definition) is 5. The van der Waals surface area contributed by atoms with Crippen LogP contribution in [0.4, 0.5) is 4.79 Å². The van der Waals surface area contributed by atoms with Crippen molar-refractivity contribution in [2.75, 3.05) is 26.3 Å². The molecule has 5 nitrogen and oxygen atoms in total. The van der Waals surface area contributed by atoms with Gasteiger partial charge in [0, 0.05) is 18.0 Å². The molecule has 0 fully saturated rings. The lowest BCUT2D eigenvalue weighted by Crippen LogP contribution is -2.66. The molecular formula is C36H44INO4SSi. The molecule has 0 saturated heterocycles. The molecular weight excluding hydrogens is 697 g/mol. The molecule has 0 aliphatic rings. The third-order valence-electron chi connectivity index (χ3n) is 7.30. The first-order valence-electron chi connectivity index (χ1n) is 15.1. The third kappa shape index (κ3) is 8.96. The monoisotopic (exact) mass is 741 g/mol. The van der Waals surface area contributed by atoms with Gasteiger partial charge in [-0.2, -0.15) is 0 Å². The van der Waals surface area contributed by atoms with Crippen LogP contribution in [0.5, 0.6) is 5.75 Å². The van der Waals surface area contributed by atoms with Crippen LogP contribution in [-0.2, 0) is 9.16 Å². The number of carbonyl (C=O) groups excluding carboxylic acids is 1. The van der Waals surface area contributed by atoms with Crippen LogP contribution in [0.15, 0.2) is 97.1 Å². The average Bonchev–Trinajstić information content (AvgIpc) is 3.42. The van der Waals surface area contributed by atoms with Gasteiger partial charge >= 0.3 is 6.09 Å². The van der Waals surface area contributed by atoms with E-state index in [4.69, 9.17) is 13.9 Å². The molecule has 234 valence electrons. The lowest BCUT2D eigenvalue weighted by molar-refractivity contribution is 0.0217. The van der Waals surface area contributed by atoms with Crippen molar-refractivity contribution in [3.05, 3.63) is 99.9 Å². The molecule has 44 heavy (non-hydrogen) atoms. The summed E-state index contributed by atoms with van der Waals surface area (Å²) in [6, 6.07) is 33.6. The van der Waals surface area contributed by atoms with Crippen LogP contribution in [-0.4, -0.2) is 51.2 Å². The van der Waals surface area contributed by atoms with Gasteiger partial charge in [-0.05, 0) is 107 Å². The van der Waals surface area contributed by atoms with E-state index in [-0.39, 0.29) is 11.1 Å². The van der Waals surface area contributed by atoms with E-state index in [0.29, 0.717) is 32.7 Å². The van der Waals surface area contributed by atoms with Crippen molar-refractivity contribution < 1.29 is 18.7 Å². The minimum Gasteiger partial charge on any atom is -0.492 e. The highest BCUT2D eigenvalue weighted by Gasteiger charge is 2.50. The Morgan fingerprint density at radius 2 is 1.36 bits per heavy atom. The fraction of sp³-hybridized carbons (Fsp3) is 0.361. The fourth-order valence-electron chi connectivity index (χ4n) is 5.32. The molecule has 0 spiro atoms. The summed E-state index contributed by atoms with van der Waals surface area (Å²) in [5.74, 6) is 0.777. The first-order valence-corrected chi connectivity index (χ1v) is 18.9. The van der Waals surface area contributed by atoms with Gasteiger partial charge in [0.1, 0.15) is 18.0 Å². The maximum absolute atomic E-state index is 13.2. The van der Waals surface area contributed by atoms with Gasteiger partial charge in [-0.15, -0.1) is 11.3 Å². The molecule has 0 radical (unpaired) electrons. The summed E-state index contributed by atoms with van der Waals surface area (Å²) in [6.45, 7) is 14.3. The molecule has 8 heteroatoms. The zero-order chi connectivity index (χ0) is 31.8. The van der Waals surface area contributed by atoms with Gasteiger partial charge in [0.05, 0.1) is 9.43 Å². The summed E-state index contributed by atoms with van der Waals surface area (Å²) in [5, 5.41) is 2.39. The molecule has 4 rings (SSSR count). The second-order valence-corrected chi connectivity index (χ2v) is 20.1. The molecule has 1 amide bonds. The van der Waals surface area contributed by atoms with Gasteiger partial charge in [-0.1, -0.05) is 81.4 Å². The molecule has 0 atom stereocenters. The summed E-state index contributed by atoms with van der Waals surface area (Å²) in [5.41, 5.74) is 0.582. The Bertz CT molecular complexity index is 1420. The topological polar surface area (TPSA) is 48.0 Å². The number of carbonyl (C=O) groups is 1. The highest BCUT2D eigenvalue weighted by atomic mass is 127. The molecule has 0 N–H and O–H groups in total. The Morgan fingerprint density at radius 3 is 1.86 bits per heavy atom. The first kappa shape index (κ1) is 34.2. The summed E-state index contributed by atoms with van der Waals surface area (Å²) in [7, 11) is -2.64. The highest BCUT2D eigenvalue weighted by molar-refractivity contribution is 14.1. The number of ether oxygens (including phenoxy) is 2. The average molecular weight is 742 g/mol. The lowest BCUT2D eigenvalue weighted by atomic mass is 10.2. The largest absolute Gasteiger partial charge is 0.492 e. The second-order valence-electron chi connectivity index (χ2n) is 12.8. The van der Waals surface area contributed by atoms with Crippen LogP contribution >= 0.6 is 33.9 Å². The maximum atomic E-state index is 13.2. The molecule has 0 aliphatic carbocycles. The van der Waals surface area contributed by atoms with Crippen molar-refractivity contribution in [1.82, 2.24) is 4.90 Å². The number of nitrogens with zero attached hydrogens (tertiary/aromatic N) is 1. The second kappa shape index (κ2) is 15.1. The zero-order valence-electron chi connectivity index (χ0n) is 26.6. The van der Waals surface area contributed by atoms with Crippen LogP contribution in [0.2, 0.25) is 5.04 Å². The summed E-state index contributed by atoms with van der Waals surface area (Å²) in [4.78, 5) is 16.2. The highest BCUT2D eigenvalue weighted by Crippen LogP contribution is 2.37. The van der Waals surface area contributed by atoms with Crippen LogP contribution in [0.1, 0.15) is 48.0 Å². The van der Waals surface area contributed by atoms with Crippen molar-refractivity contribution in [3.63, 3.8) is 0 Å². The van der Waals surface area contributed by atoms with E-state index in [2.05, 4.69) is 128 Å². The van der Waals surface area contributed by atoms with Gasteiger partial charge in [-0.25, -0.2) is 4.79 Å². The normalized spacial score (nSPS) is 12.2. The Morgan fingerprint density at radius 1 is 0.773 bits per heavy atom. The standard InChI is InChI=1S/C36H44INO4SSi/c1-35(2,3)42-34(39)38(25-27-40-29-20-18-28(19-21-29)32-22-23-33(37)43-32)24-13-26-41-44(36(4,5)6,30-14-9-7-10-15-30)31-16-11-8-12-17-31/h7-12,14-23H,13,24-27H2,1-6H3. The van der Waals surface area contributed by atoms with Crippen molar-refractivity contribution in [3.8, 4) is 16.2 Å². The Balaban J connectivity index is 1.43. The molecule has 1 aromatic heterocycles. The van der Waals surface area contributed by atoms with Crippen LogP contribution in [0.25, 0.3) is 10.4 Å². The van der Waals surface area contributed by atoms with E-state index in [1.54, 1.807) is 16.2 Å². The number of rotatable bonds is 12. The number of amides is 1. The molecule has 0 saturated carbocycles. The van der Waals surface area contributed by atoms with Crippen molar-refractivity contribution in [2.45, 2.75) is 58.6 Å². The zero-order valence-corrected chi connectivity index (χ0v) is 30.6. The molecule has 0 bridgehead atoms. The van der Waals surface area contributed by atoms with Crippen LogP contribution in [0.3, 0.4) is 0 Å². The quantitative estimate of drug-likeness (QED) is 0.0830. The predicted molar refractivity (Wildman–Crippen MR) is 194 cm³/mol. The SMILES string of the molecule is CC(C)(C)OC(=O)N(CCCO[Si](c1ccccc1)(c1ccccc1)C(C)(C)C)CCOc1ccc(-c2ccc(I)s2)cc1. The predicted octanol–water partition coefficient (Wildman–Crippen LogP) is 8.60. The summed E-state index contributed by atoms with van der Waals surface area (Å²) >= 11 is 4.11. The van der Waals surface area contributed by atoms with E-state index in [0.717, 1.165) is 5.75 Å². The number of benzene rings is 3. The van der Waals surface area contributed by atoms with E-state index in [9.17, 15) is 4.79 Å². The number of hydrogen-bond donors (Lipinski definition) is 0. The van der Waals surface area contributed by atoms with Crippen molar-refractivity contribution >= 4 is 58.7 Å². The fourth-order valence-corrected chi connectivity index (χ4v) is 11.6. The number of halogens is 1. The van der Waals surface area contributed by atoms with E-state index >= 15 is 0 Å². The Labute approximate surface area is 281 Å².